The van der Waals surface area contributed by atoms with E-state index in [1.54, 1.807) is 0 Å². The Morgan fingerprint density at radius 3 is 2.79 bits per heavy atom. The minimum atomic E-state index is 0.473. The highest BCUT2D eigenvalue weighted by molar-refractivity contribution is 5.83. The molecule has 0 aliphatic carbocycles. The van der Waals surface area contributed by atoms with E-state index in [1.165, 1.54) is 16.5 Å². The Labute approximate surface area is 84.3 Å². The molecule has 1 aromatic heterocycles. The summed E-state index contributed by atoms with van der Waals surface area (Å²) in [6, 6.07) is 9.00. The summed E-state index contributed by atoms with van der Waals surface area (Å²) >= 11 is 0. The molecule has 0 aliphatic heterocycles. The predicted octanol–water partition coefficient (Wildman–Crippen LogP) is 1.35. The van der Waals surface area contributed by atoms with Crippen LogP contribution in [-0.2, 0) is 13.5 Å². The number of fused-ring (bicyclic) bond motifs is 1. The van der Waals surface area contributed by atoms with Gasteiger partial charge in [-0.05, 0) is 18.6 Å². The van der Waals surface area contributed by atoms with Crippen LogP contribution in [0.3, 0.4) is 0 Å². The third kappa shape index (κ3) is 1.53. The van der Waals surface area contributed by atoms with Gasteiger partial charge >= 0.3 is 0 Å². The second-order valence-corrected chi connectivity index (χ2v) is 4.09. The Morgan fingerprint density at radius 2 is 2.07 bits per heavy atom. The molecule has 2 nitrogen and oxygen atoms in total. The molecule has 0 aliphatic rings. The highest BCUT2D eigenvalue weighted by Crippen LogP contribution is 2.20. The lowest BCUT2D eigenvalue weighted by atomic mass is 10.1. The zero-order valence-corrected chi connectivity index (χ0v) is 8.83. The molecule has 2 rings (SSSR count). The molecule has 0 saturated carbocycles. The summed E-state index contributed by atoms with van der Waals surface area (Å²) in [6.07, 6.45) is 3.27. The Balaban J connectivity index is 2.55. The average Bonchev–Trinajstić information content (AvgIpc) is 2.44. The molecule has 1 unspecified atom stereocenters. The van der Waals surface area contributed by atoms with Crippen molar-refractivity contribution in [2.75, 3.05) is 0 Å². The van der Waals surface area contributed by atoms with Crippen LogP contribution in [0.4, 0.5) is 0 Å². The molecule has 1 atom stereocenters. The van der Waals surface area contributed by atoms with Crippen LogP contribution in [0.2, 0.25) is 0 Å². The Morgan fingerprint density at radius 1 is 1.36 bits per heavy atom. The van der Waals surface area contributed by atoms with Crippen molar-refractivity contribution >= 4 is 10.9 Å². The van der Waals surface area contributed by atoms with E-state index in [4.69, 9.17) is 0 Å². The zero-order chi connectivity index (χ0) is 10.1. The van der Waals surface area contributed by atoms with Gasteiger partial charge in [-0.3, -0.25) is 0 Å². The van der Waals surface area contributed by atoms with Gasteiger partial charge in [-0.2, -0.15) is 0 Å². The third-order valence-corrected chi connectivity index (χ3v) is 2.55. The van der Waals surface area contributed by atoms with Crippen LogP contribution in [0.15, 0.2) is 30.5 Å². The number of hydrogen-bond acceptors (Lipinski definition) is 0. The van der Waals surface area contributed by atoms with Crippen molar-refractivity contribution in [1.82, 2.24) is 4.57 Å². The van der Waals surface area contributed by atoms with Gasteiger partial charge in [0, 0.05) is 30.6 Å². The van der Waals surface area contributed by atoms with Gasteiger partial charge in [-0.15, -0.1) is 0 Å². The fraction of sp³-hybridized carbons (Fsp3) is 0.333. The van der Waals surface area contributed by atoms with Gasteiger partial charge in [0.2, 0.25) is 0 Å². The smallest absolute Gasteiger partial charge is 0.0856 e. The highest BCUT2D eigenvalue weighted by Gasteiger charge is 2.08. The summed E-state index contributed by atoms with van der Waals surface area (Å²) < 4.78 is 2.19. The van der Waals surface area contributed by atoms with E-state index in [0.717, 1.165) is 6.42 Å². The molecule has 2 aromatic rings. The van der Waals surface area contributed by atoms with Crippen molar-refractivity contribution in [3.8, 4) is 0 Å². The summed E-state index contributed by atoms with van der Waals surface area (Å²) in [5.41, 5.74) is 6.76. The topological polar surface area (TPSA) is 32.6 Å². The zero-order valence-electron chi connectivity index (χ0n) is 8.83. The van der Waals surface area contributed by atoms with Gasteiger partial charge in [-0.1, -0.05) is 18.2 Å². The van der Waals surface area contributed by atoms with Crippen molar-refractivity contribution in [2.24, 2.45) is 7.05 Å². The quantitative estimate of drug-likeness (QED) is 0.740. The Hall–Kier alpha value is -1.28. The third-order valence-electron chi connectivity index (χ3n) is 2.55. The first-order valence-electron chi connectivity index (χ1n) is 5.04. The van der Waals surface area contributed by atoms with E-state index in [1.807, 2.05) is 0 Å². The summed E-state index contributed by atoms with van der Waals surface area (Å²) in [4.78, 5) is 0. The number of rotatable bonds is 2. The number of hydrogen-bond donors (Lipinski definition) is 1. The molecule has 3 N–H and O–H groups in total. The molecule has 2 heteroatoms. The second-order valence-electron chi connectivity index (χ2n) is 4.09. The summed E-state index contributed by atoms with van der Waals surface area (Å²) in [5.74, 6) is 0. The van der Waals surface area contributed by atoms with Crippen molar-refractivity contribution < 1.29 is 5.73 Å². The van der Waals surface area contributed by atoms with Crippen LogP contribution in [-0.4, -0.2) is 10.6 Å². The standard InChI is InChI=1S/C12H16N2/c1-9(13)7-10-8-14(2)12-6-4-3-5-11(10)12/h3-6,8-9H,7,13H2,1-2H3/p+1. The van der Waals surface area contributed by atoms with Crippen LogP contribution in [0, 0.1) is 0 Å². The minimum Gasteiger partial charge on any atom is -0.355 e. The van der Waals surface area contributed by atoms with E-state index < -0.39 is 0 Å². The molecule has 0 radical (unpaired) electrons. The van der Waals surface area contributed by atoms with Gasteiger partial charge in [0.25, 0.3) is 0 Å². The molecule has 0 fully saturated rings. The van der Waals surface area contributed by atoms with Crippen LogP contribution in [0.1, 0.15) is 12.5 Å². The van der Waals surface area contributed by atoms with Crippen molar-refractivity contribution in [2.45, 2.75) is 19.4 Å². The average molecular weight is 189 g/mol. The lowest BCUT2D eigenvalue weighted by Gasteiger charge is -1.99. The maximum atomic E-state index is 4.04. The number of aromatic nitrogens is 1. The van der Waals surface area contributed by atoms with Crippen molar-refractivity contribution in [3.05, 3.63) is 36.0 Å². The SMILES string of the molecule is CC([NH3+])Cc1cn(C)c2ccccc12. The van der Waals surface area contributed by atoms with Gasteiger partial charge in [0.05, 0.1) is 6.04 Å². The molecule has 0 spiro atoms. The van der Waals surface area contributed by atoms with E-state index >= 15 is 0 Å². The molecule has 1 aromatic carbocycles. The van der Waals surface area contributed by atoms with E-state index in [-0.39, 0.29) is 0 Å². The summed E-state index contributed by atoms with van der Waals surface area (Å²) in [6.45, 7) is 2.15. The van der Waals surface area contributed by atoms with Gasteiger partial charge in [0.15, 0.2) is 0 Å². The van der Waals surface area contributed by atoms with Crippen molar-refractivity contribution in [3.63, 3.8) is 0 Å². The number of nitrogens with zero attached hydrogens (tertiary/aromatic N) is 1. The van der Waals surface area contributed by atoms with Gasteiger partial charge in [-0.25, -0.2) is 0 Å². The van der Waals surface area contributed by atoms with Crippen LogP contribution >= 0.6 is 0 Å². The molecule has 1 heterocycles. The fourth-order valence-electron chi connectivity index (χ4n) is 1.96. The molecule has 0 bridgehead atoms. The first kappa shape index (κ1) is 9.28. The monoisotopic (exact) mass is 189 g/mol. The second kappa shape index (κ2) is 3.46. The minimum absolute atomic E-state index is 0.473. The van der Waals surface area contributed by atoms with Crippen LogP contribution in [0.5, 0.6) is 0 Å². The van der Waals surface area contributed by atoms with E-state index in [0.29, 0.717) is 6.04 Å². The normalized spacial score (nSPS) is 13.4. The number of para-hydroxylation sites is 1. The lowest BCUT2D eigenvalue weighted by Crippen LogP contribution is -2.60. The van der Waals surface area contributed by atoms with E-state index in [9.17, 15) is 0 Å². The van der Waals surface area contributed by atoms with Gasteiger partial charge < -0.3 is 10.3 Å². The Kier molecular flexibility index (Phi) is 2.30. The lowest BCUT2D eigenvalue weighted by molar-refractivity contribution is -0.413. The molecule has 0 amide bonds. The maximum absolute atomic E-state index is 4.04. The molecular formula is C12H17N2+. The molecule has 0 saturated heterocycles. The Bertz CT molecular complexity index is 441. The number of benzene rings is 1. The molecular weight excluding hydrogens is 172 g/mol. The molecule has 74 valence electrons. The summed E-state index contributed by atoms with van der Waals surface area (Å²) in [7, 11) is 2.10. The first-order chi connectivity index (χ1) is 6.68. The predicted molar refractivity (Wildman–Crippen MR) is 59.0 cm³/mol. The summed E-state index contributed by atoms with van der Waals surface area (Å²) in [5, 5.41) is 1.37. The fourth-order valence-corrected chi connectivity index (χ4v) is 1.96. The highest BCUT2D eigenvalue weighted by atomic mass is 14.9. The number of aryl methyl sites for hydroxylation is 1. The number of quaternary nitrogens is 1. The van der Waals surface area contributed by atoms with E-state index in [2.05, 4.69) is 54.7 Å². The van der Waals surface area contributed by atoms with Crippen LogP contribution < -0.4 is 5.73 Å². The molecule has 14 heavy (non-hydrogen) atoms. The first-order valence-corrected chi connectivity index (χ1v) is 5.04. The largest absolute Gasteiger partial charge is 0.355 e. The maximum Gasteiger partial charge on any atom is 0.0856 e. The van der Waals surface area contributed by atoms with Crippen LogP contribution in [0.25, 0.3) is 10.9 Å². The van der Waals surface area contributed by atoms with Crippen molar-refractivity contribution in [1.29, 1.82) is 0 Å². The van der Waals surface area contributed by atoms with Gasteiger partial charge in [0.1, 0.15) is 0 Å².